The molecule has 0 aliphatic rings. The van der Waals surface area contributed by atoms with Gasteiger partial charge >= 0.3 is 0 Å². The van der Waals surface area contributed by atoms with Crippen molar-refractivity contribution in [2.75, 3.05) is 38.0 Å². The highest BCUT2D eigenvalue weighted by Crippen LogP contribution is 2.10. The number of ether oxygens (including phenoxy) is 1. The number of quaternary nitrogens is 1. The van der Waals surface area contributed by atoms with E-state index in [0.29, 0.717) is 38.0 Å². The molecule has 0 saturated heterocycles. The quantitative estimate of drug-likeness (QED) is 0.416. The minimum atomic E-state index is -0.389. The molecule has 0 fully saturated rings. The Kier molecular flexibility index (Phi) is 6.66. The highest BCUT2D eigenvalue weighted by Gasteiger charge is 2.15. The Morgan fingerprint density at radius 1 is 1.00 bits per heavy atom. The van der Waals surface area contributed by atoms with Crippen LogP contribution in [0.15, 0.2) is 30.3 Å². The molecule has 0 aliphatic heterocycles. The van der Waals surface area contributed by atoms with Crippen molar-refractivity contribution < 1.29 is 9.38 Å². The molecule has 17 heavy (non-hydrogen) atoms. The molecular formula is C12H17Cl2NO2. The van der Waals surface area contributed by atoms with Gasteiger partial charge in [0.05, 0.1) is 24.8 Å². The molecule has 0 amide bonds. The zero-order chi connectivity index (χ0) is 12.6. The van der Waals surface area contributed by atoms with E-state index in [2.05, 4.69) is 0 Å². The van der Waals surface area contributed by atoms with E-state index in [0.717, 1.165) is 5.75 Å². The van der Waals surface area contributed by atoms with Crippen LogP contribution in [0.3, 0.4) is 0 Å². The summed E-state index contributed by atoms with van der Waals surface area (Å²) in [6.45, 7) is 1.48. The van der Waals surface area contributed by atoms with Crippen LogP contribution in [0.25, 0.3) is 0 Å². The molecule has 0 N–H and O–H groups in total. The Morgan fingerprint density at radius 2 is 1.59 bits per heavy atom. The van der Waals surface area contributed by atoms with Gasteiger partial charge in [-0.3, -0.25) is 0 Å². The molecule has 1 aromatic rings. The molecule has 0 spiro atoms. The van der Waals surface area contributed by atoms with E-state index in [4.69, 9.17) is 27.9 Å². The third-order valence-electron chi connectivity index (χ3n) is 2.49. The summed E-state index contributed by atoms with van der Waals surface area (Å²) in [5.74, 6) is 1.45. The summed E-state index contributed by atoms with van der Waals surface area (Å²) in [7, 11) is 0. The molecule has 0 aromatic heterocycles. The van der Waals surface area contributed by atoms with Crippen LogP contribution in [0.1, 0.15) is 0 Å². The largest absolute Gasteiger partial charge is 0.633 e. The first-order valence-electron chi connectivity index (χ1n) is 5.57. The average molecular weight is 278 g/mol. The third kappa shape index (κ3) is 5.59. The SMILES string of the molecule is [O-][N+](CCCl)(CCCl)CCOc1ccccc1. The molecule has 0 atom stereocenters. The van der Waals surface area contributed by atoms with Crippen LogP contribution in [-0.2, 0) is 0 Å². The summed E-state index contributed by atoms with van der Waals surface area (Å²) >= 11 is 11.2. The number of hydrogen-bond acceptors (Lipinski definition) is 2. The Balaban J connectivity index is 2.37. The second-order valence-electron chi connectivity index (χ2n) is 3.77. The summed E-state index contributed by atoms with van der Waals surface area (Å²) < 4.78 is 5.10. The van der Waals surface area contributed by atoms with Crippen LogP contribution in [0.4, 0.5) is 0 Å². The number of benzene rings is 1. The molecule has 0 bridgehead atoms. The van der Waals surface area contributed by atoms with Crippen molar-refractivity contribution in [3.05, 3.63) is 35.5 Å². The highest BCUT2D eigenvalue weighted by atomic mass is 35.5. The number of alkyl halides is 2. The van der Waals surface area contributed by atoms with E-state index in [1.807, 2.05) is 30.3 Å². The molecule has 1 rings (SSSR count). The van der Waals surface area contributed by atoms with Gasteiger partial charge in [0.25, 0.3) is 0 Å². The van der Waals surface area contributed by atoms with E-state index in [1.165, 1.54) is 0 Å². The van der Waals surface area contributed by atoms with Crippen LogP contribution >= 0.6 is 23.2 Å². The van der Waals surface area contributed by atoms with Crippen LogP contribution in [0.5, 0.6) is 5.75 Å². The van der Waals surface area contributed by atoms with E-state index in [-0.39, 0.29) is 4.65 Å². The zero-order valence-corrected chi connectivity index (χ0v) is 11.2. The molecule has 0 saturated carbocycles. The Bertz CT molecular complexity index is 303. The summed E-state index contributed by atoms with van der Waals surface area (Å²) in [5, 5.41) is 12.2. The fraction of sp³-hybridized carbons (Fsp3) is 0.500. The number of hydroxylamine groups is 3. The monoisotopic (exact) mass is 277 g/mol. The lowest BCUT2D eigenvalue weighted by Gasteiger charge is -2.41. The Hall–Kier alpha value is -0.480. The second kappa shape index (κ2) is 7.77. The maximum absolute atomic E-state index is 12.2. The molecule has 0 radical (unpaired) electrons. The van der Waals surface area contributed by atoms with Crippen molar-refractivity contribution in [2.45, 2.75) is 0 Å². The smallest absolute Gasteiger partial charge is 0.137 e. The minimum Gasteiger partial charge on any atom is -0.633 e. The van der Waals surface area contributed by atoms with E-state index in [9.17, 15) is 5.21 Å². The number of rotatable bonds is 8. The third-order valence-corrected chi connectivity index (χ3v) is 2.83. The first-order chi connectivity index (χ1) is 8.20. The molecule has 1 aromatic carbocycles. The van der Waals surface area contributed by atoms with Crippen molar-refractivity contribution >= 4 is 23.2 Å². The maximum Gasteiger partial charge on any atom is 0.137 e. The fourth-order valence-electron chi connectivity index (χ4n) is 1.49. The minimum absolute atomic E-state index is 0.339. The van der Waals surface area contributed by atoms with Crippen molar-refractivity contribution in [2.24, 2.45) is 0 Å². The standard InChI is InChI=1S/C12H17Cl2NO2/c13-6-8-15(16,9-7-14)10-11-17-12-4-2-1-3-5-12/h1-5H,6-11H2. The Morgan fingerprint density at radius 3 is 2.12 bits per heavy atom. The zero-order valence-electron chi connectivity index (χ0n) is 9.65. The highest BCUT2D eigenvalue weighted by molar-refractivity contribution is 6.18. The predicted molar refractivity (Wildman–Crippen MR) is 71.6 cm³/mol. The van der Waals surface area contributed by atoms with E-state index in [1.54, 1.807) is 0 Å². The summed E-state index contributed by atoms with van der Waals surface area (Å²) in [6.07, 6.45) is 0. The lowest BCUT2D eigenvalue weighted by Crippen LogP contribution is -2.47. The summed E-state index contributed by atoms with van der Waals surface area (Å²) in [6, 6.07) is 9.44. The number of hydrogen-bond donors (Lipinski definition) is 0. The van der Waals surface area contributed by atoms with Gasteiger partial charge in [-0.25, -0.2) is 0 Å². The van der Waals surface area contributed by atoms with Crippen molar-refractivity contribution in [1.29, 1.82) is 0 Å². The van der Waals surface area contributed by atoms with Gasteiger partial charge in [0.15, 0.2) is 0 Å². The lowest BCUT2D eigenvalue weighted by molar-refractivity contribution is -0.875. The first kappa shape index (κ1) is 14.6. The lowest BCUT2D eigenvalue weighted by atomic mass is 10.3. The topological polar surface area (TPSA) is 32.3 Å². The van der Waals surface area contributed by atoms with Gasteiger partial charge in [-0.05, 0) is 12.1 Å². The predicted octanol–water partition coefficient (Wildman–Crippen LogP) is 2.86. The van der Waals surface area contributed by atoms with Gasteiger partial charge in [0, 0.05) is 0 Å². The van der Waals surface area contributed by atoms with Crippen LogP contribution in [-0.4, -0.2) is 42.6 Å². The molecule has 0 unspecified atom stereocenters. The molecule has 96 valence electrons. The van der Waals surface area contributed by atoms with Gasteiger partial charge < -0.3 is 14.6 Å². The van der Waals surface area contributed by atoms with Crippen molar-refractivity contribution in [3.63, 3.8) is 0 Å². The molecule has 0 heterocycles. The van der Waals surface area contributed by atoms with E-state index >= 15 is 0 Å². The van der Waals surface area contributed by atoms with Gasteiger partial charge in [-0.1, -0.05) is 18.2 Å². The van der Waals surface area contributed by atoms with E-state index < -0.39 is 0 Å². The van der Waals surface area contributed by atoms with Gasteiger partial charge in [-0.15, -0.1) is 23.2 Å². The number of nitrogens with zero attached hydrogens (tertiary/aromatic N) is 1. The maximum atomic E-state index is 12.2. The second-order valence-corrected chi connectivity index (χ2v) is 4.52. The van der Waals surface area contributed by atoms with Gasteiger partial charge in [-0.2, -0.15) is 0 Å². The summed E-state index contributed by atoms with van der Waals surface area (Å²) in [4.78, 5) is 0. The number of para-hydroxylation sites is 1. The normalized spacial score (nSPS) is 11.5. The van der Waals surface area contributed by atoms with Crippen LogP contribution in [0, 0.1) is 5.21 Å². The van der Waals surface area contributed by atoms with Crippen molar-refractivity contribution in [1.82, 2.24) is 0 Å². The fourth-order valence-corrected chi connectivity index (χ4v) is 2.11. The van der Waals surface area contributed by atoms with Crippen LogP contribution in [0.2, 0.25) is 0 Å². The number of halogens is 2. The molecule has 3 nitrogen and oxygen atoms in total. The van der Waals surface area contributed by atoms with Gasteiger partial charge in [0.2, 0.25) is 0 Å². The molecule has 5 heteroatoms. The Labute approximate surface area is 112 Å². The van der Waals surface area contributed by atoms with Crippen molar-refractivity contribution in [3.8, 4) is 5.75 Å². The van der Waals surface area contributed by atoms with Crippen LogP contribution < -0.4 is 4.74 Å². The summed E-state index contributed by atoms with van der Waals surface area (Å²) in [5.41, 5.74) is 0. The van der Waals surface area contributed by atoms with Gasteiger partial charge in [0.1, 0.15) is 18.9 Å². The molecule has 0 aliphatic carbocycles. The first-order valence-corrected chi connectivity index (χ1v) is 6.64. The average Bonchev–Trinajstić information content (AvgIpc) is 2.31. The molecular weight excluding hydrogens is 261 g/mol.